The van der Waals surface area contributed by atoms with Crippen molar-refractivity contribution in [1.82, 2.24) is 24.7 Å². The van der Waals surface area contributed by atoms with Crippen molar-refractivity contribution in [2.75, 3.05) is 26.2 Å². The molecular weight excluding hydrogens is 546 g/mol. The Bertz CT molecular complexity index is 1250. The third kappa shape index (κ3) is 6.04. The summed E-state index contributed by atoms with van der Waals surface area (Å²) in [5.41, 5.74) is 5.04. The Morgan fingerprint density at radius 2 is 1.71 bits per heavy atom. The second kappa shape index (κ2) is 11.2. The van der Waals surface area contributed by atoms with E-state index in [0.717, 1.165) is 9.47 Å². The van der Waals surface area contributed by atoms with Crippen LogP contribution in [-0.2, 0) is 35.3 Å². The Hall–Kier alpha value is -3.33. The molecule has 1 aromatic heterocycles. The zero-order chi connectivity index (χ0) is 27.1. The summed E-state index contributed by atoms with van der Waals surface area (Å²) in [5, 5.41) is 2.51. The fraction of sp³-hybridized carbons (Fsp3) is 0.455. The van der Waals surface area contributed by atoms with Crippen molar-refractivity contribution in [3.05, 3.63) is 52.4 Å². The molecule has 38 heavy (non-hydrogen) atoms. The molecule has 0 aliphatic carbocycles. The van der Waals surface area contributed by atoms with Crippen molar-refractivity contribution in [3.8, 4) is 0 Å². The molecule has 3 amide bonds. The van der Waals surface area contributed by atoms with Gasteiger partial charge in [0.15, 0.2) is 17.3 Å². The number of hydrogen-bond donors (Lipinski definition) is 2. The number of nitrogens with one attached hydrogen (secondary N) is 1. The predicted octanol–water partition coefficient (Wildman–Crippen LogP) is 1.62. The molecule has 1 aromatic carbocycles. The third-order valence-electron chi connectivity index (χ3n) is 6.15. The normalized spacial score (nSPS) is 16.4. The predicted molar refractivity (Wildman–Crippen MR) is 121 cm³/mol. The molecular formula is C22H23ClF6N6O3. The van der Waals surface area contributed by atoms with Crippen LogP contribution in [0, 0.1) is 17.5 Å². The Kier molecular flexibility index (Phi) is 8.61. The number of imidazole rings is 1. The van der Waals surface area contributed by atoms with E-state index < -0.39 is 58.9 Å². The Labute approximate surface area is 218 Å². The Balaban J connectivity index is 0.00000400. The number of carbonyl (C=O) groups is 3. The van der Waals surface area contributed by atoms with Gasteiger partial charge in [0.2, 0.25) is 17.6 Å². The van der Waals surface area contributed by atoms with Crippen molar-refractivity contribution in [3.63, 3.8) is 0 Å². The number of hydrogen-bond acceptors (Lipinski definition) is 5. The highest BCUT2D eigenvalue weighted by atomic mass is 35.5. The van der Waals surface area contributed by atoms with Gasteiger partial charge in [-0.15, -0.1) is 12.4 Å². The Morgan fingerprint density at radius 3 is 2.37 bits per heavy atom. The number of nitrogens with zero attached hydrogens (tertiary/aromatic N) is 4. The highest BCUT2D eigenvalue weighted by molar-refractivity contribution is 5.96. The van der Waals surface area contributed by atoms with Crippen molar-refractivity contribution >= 4 is 30.1 Å². The lowest BCUT2D eigenvalue weighted by atomic mass is 10.0. The van der Waals surface area contributed by atoms with Crippen LogP contribution in [0.25, 0.3) is 0 Å². The minimum Gasteiger partial charge on any atom is -0.353 e. The monoisotopic (exact) mass is 568 g/mol. The van der Waals surface area contributed by atoms with Gasteiger partial charge in [0.1, 0.15) is 5.82 Å². The molecule has 2 aliphatic rings. The summed E-state index contributed by atoms with van der Waals surface area (Å²) in [4.78, 5) is 43.3. The van der Waals surface area contributed by atoms with Gasteiger partial charge < -0.3 is 25.4 Å². The van der Waals surface area contributed by atoms with Gasteiger partial charge in [0, 0.05) is 44.7 Å². The van der Waals surface area contributed by atoms with Crippen LogP contribution in [-0.4, -0.2) is 69.3 Å². The molecule has 0 spiro atoms. The van der Waals surface area contributed by atoms with Crippen molar-refractivity contribution in [2.24, 2.45) is 5.73 Å². The van der Waals surface area contributed by atoms with E-state index in [-0.39, 0.29) is 75.8 Å². The average Bonchev–Trinajstić information content (AvgIpc) is 3.21. The summed E-state index contributed by atoms with van der Waals surface area (Å²) >= 11 is 0. The van der Waals surface area contributed by atoms with E-state index in [4.69, 9.17) is 5.73 Å². The molecule has 1 atom stereocenters. The quantitative estimate of drug-likeness (QED) is 0.420. The van der Waals surface area contributed by atoms with E-state index >= 15 is 0 Å². The maximum Gasteiger partial charge on any atom is 0.449 e. The number of benzene rings is 1. The average molecular weight is 569 g/mol. The third-order valence-corrected chi connectivity index (χ3v) is 6.15. The Morgan fingerprint density at radius 1 is 1.03 bits per heavy atom. The molecule has 1 fully saturated rings. The van der Waals surface area contributed by atoms with Crippen LogP contribution in [0.4, 0.5) is 26.3 Å². The van der Waals surface area contributed by atoms with Gasteiger partial charge in [-0.3, -0.25) is 14.4 Å². The standard InChI is InChI=1S/C22H22F6N6O3.ClH/c23-13-8-15(25)14(24)6-11(13)5-12(29)7-18(36)32-3-4-34-16(9-32)19(31-21(34)22(26,27)28)20(37)33-2-1-30-17(35)10-33;/h6,8,12H,1-5,7,9-10,29H2,(H,30,35);1H. The van der Waals surface area contributed by atoms with Gasteiger partial charge in [0.05, 0.1) is 18.8 Å². The first-order valence-corrected chi connectivity index (χ1v) is 11.2. The highest BCUT2D eigenvalue weighted by Gasteiger charge is 2.42. The van der Waals surface area contributed by atoms with Gasteiger partial charge in [-0.25, -0.2) is 18.2 Å². The number of piperazine rings is 1. The first-order valence-electron chi connectivity index (χ1n) is 11.2. The number of amides is 3. The molecule has 0 bridgehead atoms. The molecule has 16 heteroatoms. The zero-order valence-corrected chi connectivity index (χ0v) is 20.5. The van der Waals surface area contributed by atoms with E-state index in [2.05, 4.69) is 10.3 Å². The van der Waals surface area contributed by atoms with E-state index in [1.807, 2.05) is 0 Å². The smallest absolute Gasteiger partial charge is 0.353 e. The van der Waals surface area contributed by atoms with Crippen LogP contribution in [0.5, 0.6) is 0 Å². The number of alkyl halides is 3. The largest absolute Gasteiger partial charge is 0.449 e. The van der Waals surface area contributed by atoms with Crippen LogP contribution in [0.1, 0.15) is 34.0 Å². The SMILES string of the molecule is Cl.NC(CC(=O)N1CCn2c(C(F)(F)F)nc(C(=O)N3CCNC(=O)C3)c2C1)Cc1cc(F)c(F)cc1F. The fourth-order valence-corrected chi connectivity index (χ4v) is 4.36. The van der Waals surface area contributed by atoms with Crippen LogP contribution in [0.2, 0.25) is 0 Å². The summed E-state index contributed by atoms with van der Waals surface area (Å²) < 4.78 is 82.2. The summed E-state index contributed by atoms with van der Waals surface area (Å²) in [5.74, 6) is -6.89. The number of rotatable bonds is 5. The molecule has 2 aliphatic heterocycles. The van der Waals surface area contributed by atoms with Gasteiger partial charge in [-0.2, -0.15) is 13.2 Å². The second-order valence-electron chi connectivity index (χ2n) is 8.80. The molecule has 1 saturated heterocycles. The summed E-state index contributed by atoms with van der Waals surface area (Å²) in [6, 6.07) is 0.0111. The topological polar surface area (TPSA) is 114 Å². The first-order chi connectivity index (χ1) is 17.3. The number of nitrogens with two attached hydrogens (primary N) is 1. The number of aromatic nitrogens is 2. The number of halogens is 7. The van der Waals surface area contributed by atoms with E-state index in [0.29, 0.717) is 12.1 Å². The van der Waals surface area contributed by atoms with Crippen molar-refractivity contribution in [1.29, 1.82) is 0 Å². The van der Waals surface area contributed by atoms with Crippen molar-refractivity contribution in [2.45, 2.75) is 38.1 Å². The molecule has 2 aromatic rings. The van der Waals surface area contributed by atoms with Crippen LogP contribution >= 0.6 is 12.4 Å². The highest BCUT2D eigenvalue weighted by Crippen LogP contribution is 2.33. The van der Waals surface area contributed by atoms with Crippen LogP contribution in [0.3, 0.4) is 0 Å². The number of carbonyl (C=O) groups excluding carboxylic acids is 3. The molecule has 0 radical (unpaired) electrons. The zero-order valence-electron chi connectivity index (χ0n) is 19.7. The minimum atomic E-state index is -4.87. The van der Waals surface area contributed by atoms with E-state index in [9.17, 15) is 40.7 Å². The lowest BCUT2D eigenvalue weighted by molar-refractivity contribution is -0.148. The number of fused-ring (bicyclic) bond motifs is 1. The van der Waals surface area contributed by atoms with E-state index in [1.165, 1.54) is 4.90 Å². The maximum absolute atomic E-state index is 13.9. The molecule has 208 valence electrons. The van der Waals surface area contributed by atoms with Gasteiger partial charge >= 0.3 is 6.18 Å². The molecule has 4 rings (SSSR count). The summed E-state index contributed by atoms with van der Waals surface area (Å²) in [6.07, 6.45) is -5.52. The maximum atomic E-state index is 13.9. The lowest BCUT2D eigenvalue weighted by Gasteiger charge is -2.31. The fourth-order valence-electron chi connectivity index (χ4n) is 4.36. The lowest BCUT2D eigenvalue weighted by Crippen LogP contribution is -2.50. The van der Waals surface area contributed by atoms with Gasteiger partial charge in [0.25, 0.3) is 5.91 Å². The molecule has 9 nitrogen and oxygen atoms in total. The first kappa shape index (κ1) is 29.2. The van der Waals surface area contributed by atoms with E-state index in [1.54, 1.807) is 0 Å². The van der Waals surface area contributed by atoms with Gasteiger partial charge in [-0.05, 0) is 18.1 Å². The summed E-state index contributed by atoms with van der Waals surface area (Å²) in [6.45, 7) is -0.954. The molecule has 3 N–H and O–H groups in total. The molecule has 3 heterocycles. The van der Waals surface area contributed by atoms with Crippen LogP contribution in [0.15, 0.2) is 12.1 Å². The minimum absolute atomic E-state index is 0. The van der Waals surface area contributed by atoms with Crippen LogP contribution < -0.4 is 11.1 Å². The molecule has 0 saturated carbocycles. The second-order valence-corrected chi connectivity index (χ2v) is 8.80. The van der Waals surface area contributed by atoms with Gasteiger partial charge in [-0.1, -0.05) is 0 Å². The molecule has 1 unspecified atom stereocenters. The summed E-state index contributed by atoms with van der Waals surface area (Å²) in [7, 11) is 0. The van der Waals surface area contributed by atoms with Crippen molar-refractivity contribution < 1.29 is 40.7 Å².